The van der Waals surface area contributed by atoms with Crippen molar-refractivity contribution in [1.82, 2.24) is 0 Å². The second kappa shape index (κ2) is 3.55. The number of ketones is 1. The molecule has 0 spiro atoms. The molecular weight excluding hydrogens is 265 g/mol. The Labute approximate surface area is 94.5 Å². The van der Waals surface area contributed by atoms with E-state index in [-0.39, 0.29) is 5.03 Å². The molecule has 2 atom stereocenters. The van der Waals surface area contributed by atoms with Gasteiger partial charge < -0.3 is 0 Å². The molecule has 1 nitrogen and oxygen atoms in total. The molecular formula is C6H3Cl5O. The molecule has 1 aliphatic carbocycles. The molecule has 0 amide bonds. The maximum absolute atomic E-state index is 11.2. The molecule has 0 aromatic carbocycles. The Kier molecular flexibility index (Phi) is 3.23. The van der Waals surface area contributed by atoms with Gasteiger partial charge in [0.1, 0.15) is 0 Å². The van der Waals surface area contributed by atoms with Crippen LogP contribution in [0.25, 0.3) is 0 Å². The standard InChI is InChI=1S/C6H3Cl5O/c7-2-1-3(8)5(12)6(10,11)4(2)9/h1-2,4H. The number of alkyl halides is 4. The smallest absolute Gasteiger partial charge is 0.211 e. The SMILES string of the molecule is O=C1C(Cl)=CC(Cl)C(Cl)C1(Cl)Cl. The van der Waals surface area contributed by atoms with Crippen LogP contribution in [-0.4, -0.2) is 20.9 Å². The van der Waals surface area contributed by atoms with E-state index in [1.54, 1.807) is 0 Å². The highest BCUT2D eigenvalue weighted by Crippen LogP contribution is 2.41. The number of rotatable bonds is 0. The number of carbonyl (C=O) groups is 1. The van der Waals surface area contributed by atoms with Crippen LogP contribution in [0.2, 0.25) is 0 Å². The Morgan fingerprint density at radius 3 is 2.33 bits per heavy atom. The Morgan fingerprint density at radius 1 is 1.33 bits per heavy atom. The van der Waals surface area contributed by atoms with Gasteiger partial charge in [-0.2, -0.15) is 0 Å². The lowest BCUT2D eigenvalue weighted by Gasteiger charge is -2.29. The van der Waals surface area contributed by atoms with Gasteiger partial charge in [0, 0.05) is 0 Å². The van der Waals surface area contributed by atoms with Crippen LogP contribution in [0, 0.1) is 0 Å². The number of allylic oxidation sites excluding steroid dienone is 2. The molecule has 0 radical (unpaired) electrons. The van der Waals surface area contributed by atoms with E-state index in [0.29, 0.717) is 0 Å². The van der Waals surface area contributed by atoms with E-state index >= 15 is 0 Å². The van der Waals surface area contributed by atoms with Gasteiger partial charge in [0.05, 0.1) is 15.8 Å². The maximum Gasteiger partial charge on any atom is 0.211 e. The van der Waals surface area contributed by atoms with Gasteiger partial charge in [-0.1, -0.05) is 34.8 Å². The van der Waals surface area contributed by atoms with Crippen molar-refractivity contribution in [3.05, 3.63) is 11.1 Å². The topological polar surface area (TPSA) is 17.1 Å². The second-order valence-electron chi connectivity index (χ2n) is 2.31. The van der Waals surface area contributed by atoms with E-state index in [1.807, 2.05) is 0 Å². The lowest BCUT2D eigenvalue weighted by Crippen LogP contribution is -2.44. The molecule has 12 heavy (non-hydrogen) atoms. The lowest BCUT2D eigenvalue weighted by molar-refractivity contribution is -0.115. The van der Waals surface area contributed by atoms with Gasteiger partial charge in [-0.3, -0.25) is 4.79 Å². The largest absolute Gasteiger partial charge is 0.290 e. The summed E-state index contributed by atoms with van der Waals surface area (Å²) in [5.74, 6) is -0.607. The van der Waals surface area contributed by atoms with Gasteiger partial charge in [-0.25, -0.2) is 0 Å². The van der Waals surface area contributed by atoms with Crippen molar-refractivity contribution in [1.29, 1.82) is 0 Å². The highest BCUT2D eigenvalue weighted by molar-refractivity contribution is 6.67. The van der Waals surface area contributed by atoms with Crippen LogP contribution in [0.4, 0.5) is 0 Å². The predicted molar refractivity (Wildman–Crippen MR) is 52.7 cm³/mol. The number of Topliss-reactive ketones (excluding diaryl/α,β-unsaturated/α-hetero) is 1. The number of carbonyl (C=O) groups excluding carboxylic acids is 1. The van der Waals surface area contributed by atoms with Gasteiger partial charge in [0.15, 0.2) is 4.33 Å². The third-order valence-electron chi connectivity index (χ3n) is 1.45. The zero-order valence-corrected chi connectivity index (χ0v) is 9.31. The third-order valence-corrected chi connectivity index (χ3v) is 3.89. The first-order chi connectivity index (χ1) is 5.37. The van der Waals surface area contributed by atoms with Crippen molar-refractivity contribution < 1.29 is 4.79 Å². The minimum absolute atomic E-state index is 0.0723. The van der Waals surface area contributed by atoms with Crippen LogP contribution in [0.3, 0.4) is 0 Å². The predicted octanol–water partition coefficient (Wildman–Crippen LogP) is 3.08. The first-order valence-corrected chi connectivity index (χ1v) is 4.96. The molecule has 0 aliphatic heterocycles. The van der Waals surface area contributed by atoms with Crippen molar-refractivity contribution in [3.63, 3.8) is 0 Å². The Hall–Kier alpha value is 0.860. The summed E-state index contributed by atoms with van der Waals surface area (Å²) < 4.78 is -1.72. The van der Waals surface area contributed by atoms with Crippen LogP contribution in [0.5, 0.6) is 0 Å². The highest BCUT2D eigenvalue weighted by atomic mass is 35.5. The fraction of sp³-hybridized carbons (Fsp3) is 0.500. The molecule has 0 saturated heterocycles. The van der Waals surface area contributed by atoms with Crippen LogP contribution >= 0.6 is 58.0 Å². The minimum Gasteiger partial charge on any atom is -0.290 e. The molecule has 0 saturated carbocycles. The Bertz CT molecular complexity index is 246. The average Bonchev–Trinajstić information content (AvgIpc) is 1.99. The van der Waals surface area contributed by atoms with Crippen molar-refractivity contribution >= 4 is 63.8 Å². The molecule has 1 rings (SSSR count). The first kappa shape index (κ1) is 10.9. The number of hydrogen-bond donors (Lipinski definition) is 0. The quantitative estimate of drug-likeness (QED) is 0.617. The van der Waals surface area contributed by atoms with Gasteiger partial charge in [0.2, 0.25) is 5.78 Å². The van der Waals surface area contributed by atoms with E-state index in [1.165, 1.54) is 6.08 Å². The Balaban J connectivity index is 3.09. The summed E-state index contributed by atoms with van der Waals surface area (Å²) >= 11 is 28.2. The number of halogens is 5. The highest BCUT2D eigenvalue weighted by Gasteiger charge is 2.48. The summed E-state index contributed by atoms with van der Waals surface area (Å²) in [7, 11) is 0. The first-order valence-electron chi connectivity index (χ1n) is 2.95. The molecule has 6 heteroatoms. The second-order valence-corrected chi connectivity index (χ2v) is 5.08. The molecule has 0 heterocycles. The number of hydrogen-bond acceptors (Lipinski definition) is 1. The van der Waals surface area contributed by atoms with Crippen molar-refractivity contribution in [2.75, 3.05) is 0 Å². The summed E-state index contributed by atoms with van der Waals surface area (Å²) in [6, 6.07) is 0. The van der Waals surface area contributed by atoms with Crippen molar-refractivity contribution in [2.24, 2.45) is 0 Å². The lowest BCUT2D eigenvalue weighted by atomic mass is 10.0. The minimum atomic E-state index is -1.72. The summed E-state index contributed by atoms with van der Waals surface area (Å²) in [4.78, 5) is 11.2. The average molecular weight is 268 g/mol. The maximum atomic E-state index is 11.2. The molecule has 0 aromatic heterocycles. The van der Waals surface area contributed by atoms with Crippen LogP contribution in [0.15, 0.2) is 11.1 Å². The van der Waals surface area contributed by atoms with Crippen LogP contribution < -0.4 is 0 Å². The van der Waals surface area contributed by atoms with Gasteiger partial charge in [-0.05, 0) is 6.08 Å². The molecule has 1 aliphatic rings. The molecule has 0 N–H and O–H groups in total. The van der Waals surface area contributed by atoms with Gasteiger partial charge in [-0.15, -0.1) is 23.2 Å². The normalized spacial score (nSPS) is 34.8. The summed E-state index contributed by atoms with van der Waals surface area (Å²) in [6.07, 6.45) is 1.33. The van der Waals surface area contributed by atoms with E-state index < -0.39 is 20.9 Å². The summed E-state index contributed by atoms with van der Waals surface area (Å²) in [5, 5.41) is -1.57. The van der Waals surface area contributed by atoms with E-state index in [9.17, 15) is 4.79 Å². The Morgan fingerprint density at radius 2 is 1.83 bits per heavy atom. The fourth-order valence-electron chi connectivity index (χ4n) is 0.784. The molecule has 2 unspecified atom stereocenters. The zero-order valence-electron chi connectivity index (χ0n) is 5.53. The van der Waals surface area contributed by atoms with Gasteiger partial charge >= 0.3 is 0 Å². The molecule has 0 fully saturated rings. The summed E-state index contributed by atoms with van der Waals surface area (Å²) in [5.41, 5.74) is 0. The fourth-order valence-corrected chi connectivity index (χ4v) is 2.32. The monoisotopic (exact) mass is 266 g/mol. The van der Waals surface area contributed by atoms with Crippen LogP contribution in [0.1, 0.15) is 0 Å². The van der Waals surface area contributed by atoms with E-state index in [2.05, 4.69) is 0 Å². The van der Waals surface area contributed by atoms with Gasteiger partial charge in [0.25, 0.3) is 0 Å². The van der Waals surface area contributed by atoms with E-state index in [0.717, 1.165) is 0 Å². The third kappa shape index (κ3) is 1.71. The molecule has 68 valence electrons. The molecule has 0 aromatic rings. The van der Waals surface area contributed by atoms with E-state index in [4.69, 9.17) is 58.0 Å². The van der Waals surface area contributed by atoms with Crippen molar-refractivity contribution in [2.45, 2.75) is 15.1 Å². The van der Waals surface area contributed by atoms with Crippen LogP contribution in [-0.2, 0) is 4.79 Å². The van der Waals surface area contributed by atoms with Crippen molar-refractivity contribution in [3.8, 4) is 0 Å². The zero-order chi connectivity index (χ0) is 9.52. The summed E-state index contributed by atoms with van der Waals surface area (Å²) in [6.45, 7) is 0. The molecule has 0 bridgehead atoms.